The zero-order chi connectivity index (χ0) is 13.2. The van der Waals surface area contributed by atoms with E-state index in [2.05, 4.69) is 4.72 Å². The standard InChI is InChI=1S/C11H14N2O2S3/c1-8(10-2-3-16-7-10)13-18(14,15)11-4-9(5-12)6-17-11/h2-4,6-8,13H,5,12H2,1H3. The van der Waals surface area contributed by atoms with E-state index in [9.17, 15) is 8.42 Å². The average Bonchev–Trinajstić information content (AvgIpc) is 3.00. The summed E-state index contributed by atoms with van der Waals surface area (Å²) in [7, 11) is -3.46. The lowest BCUT2D eigenvalue weighted by atomic mass is 10.2. The first-order valence-electron chi connectivity index (χ1n) is 5.35. The first-order valence-corrected chi connectivity index (χ1v) is 8.65. The van der Waals surface area contributed by atoms with Crippen LogP contribution in [0.1, 0.15) is 24.1 Å². The minimum atomic E-state index is -3.46. The quantitative estimate of drug-likeness (QED) is 0.890. The van der Waals surface area contributed by atoms with Gasteiger partial charge in [0.25, 0.3) is 10.0 Å². The Bertz CT molecular complexity index is 602. The van der Waals surface area contributed by atoms with E-state index >= 15 is 0 Å². The average molecular weight is 302 g/mol. The molecule has 3 N–H and O–H groups in total. The molecule has 0 spiro atoms. The van der Waals surface area contributed by atoms with Gasteiger partial charge >= 0.3 is 0 Å². The molecule has 0 bridgehead atoms. The van der Waals surface area contributed by atoms with Crippen molar-refractivity contribution in [1.82, 2.24) is 4.72 Å². The third-order valence-electron chi connectivity index (χ3n) is 2.51. The molecule has 98 valence electrons. The van der Waals surface area contributed by atoms with Crippen molar-refractivity contribution < 1.29 is 8.42 Å². The molecular weight excluding hydrogens is 288 g/mol. The van der Waals surface area contributed by atoms with Crippen LogP contribution < -0.4 is 10.5 Å². The summed E-state index contributed by atoms with van der Waals surface area (Å²) in [4.78, 5) is 0. The number of thiophene rings is 2. The van der Waals surface area contributed by atoms with E-state index in [1.165, 1.54) is 11.3 Å². The molecule has 0 fully saturated rings. The summed E-state index contributed by atoms with van der Waals surface area (Å²) in [6, 6.07) is 3.30. The highest BCUT2D eigenvalue weighted by Gasteiger charge is 2.20. The van der Waals surface area contributed by atoms with Gasteiger partial charge in [0.05, 0.1) is 0 Å². The first kappa shape index (κ1) is 13.7. The summed E-state index contributed by atoms with van der Waals surface area (Å²) in [6.45, 7) is 2.18. The molecule has 4 nitrogen and oxygen atoms in total. The predicted octanol–water partition coefficient (Wildman–Crippen LogP) is 2.31. The van der Waals surface area contributed by atoms with Crippen LogP contribution in [0.3, 0.4) is 0 Å². The molecule has 2 heterocycles. The van der Waals surface area contributed by atoms with Crippen molar-refractivity contribution in [3.05, 3.63) is 39.4 Å². The number of rotatable bonds is 5. The molecule has 0 amide bonds. The zero-order valence-corrected chi connectivity index (χ0v) is 12.2. The third-order valence-corrected chi connectivity index (χ3v) is 6.24. The molecule has 2 aromatic heterocycles. The highest BCUT2D eigenvalue weighted by Crippen LogP contribution is 2.23. The van der Waals surface area contributed by atoms with Crippen molar-refractivity contribution in [3.63, 3.8) is 0 Å². The second kappa shape index (κ2) is 5.50. The Labute approximate surface area is 115 Å². The Morgan fingerprint density at radius 1 is 1.44 bits per heavy atom. The van der Waals surface area contributed by atoms with Crippen LogP contribution in [0.5, 0.6) is 0 Å². The molecule has 7 heteroatoms. The first-order chi connectivity index (χ1) is 8.53. The maximum atomic E-state index is 12.1. The van der Waals surface area contributed by atoms with Gasteiger partial charge in [-0.15, -0.1) is 11.3 Å². The van der Waals surface area contributed by atoms with Crippen molar-refractivity contribution in [1.29, 1.82) is 0 Å². The van der Waals surface area contributed by atoms with Gasteiger partial charge in [-0.2, -0.15) is 11.3 Å². The molecule has 18 heavy (non-hydrogen) atoms. The monoisotopic (exact) mass is 302 g/mol. The van der Waals surface area contributed by atoms with Gasteiger partial charge in [-0.1, -0.05) is 0 Å². The minimum absolute atomic E-state index is 0.232. The van der Waals surface area contributed by atoms with Crippen LogP contribution in [0, 0.1) is 0 Å². The van der Waals surface area contributed by atoms with Crippen molar-refractivity contribution in [2.45, 2.75) is 23.7 Å². The Kier molecular flexibility index (Phi) is 4.18. The number of hydrogen-bond donors (Lipinski definition) is 2. The van der Waals surface area contributed by atoms with Gasteiger partial charge in [0.1, 0.15) is 4.21 Å². The van der Waals surface area contributed by atoms with Crippen molar-refractivity contribution in [3.8, 4) is 0 Å². The molecule has 0 radical (unpaired) electrons. The van der Waals surface area contributed by atoms with Gasteiger partial charge in [-0.25, -0.2) is 13.1 Å². The van der Waals surface area contributed by atoms with Gasteiger partial charge in [0.15, 0.2) is 0 Å². The molecule has 0 aliphatic carbocycles. The van der Waals surface area contributed by atoms with Gasteiger partial charge in [-0.3, -0.25) is 0 Å². The summed E-state index contributed by atoms with van der Waals surface area (Å²) in [5, 5.41) is 5.63. The number of sulfonamides is 1. The lowest BCUT2D eigenvalue weighted by Crippen LogP contribution is -2.25. The molecule has 0 aliphatic rings. The summed E-state index contributed by atoms with van der Waals surface area (Å²) in [6.07, 6.45) is 0. The molecule has 0 saturated heterocycles. The van der Waals surface area contributed by atoms with Gasteiger partial charge in [0, 0.05) is 12.6 Å². The van der Waals surface area contributed by atoms with Crippen LogP contribution >= 0.6 is 22.7 Å². The third kappa shape index (κ3) is 2.99. The molecule has 0 saturated carbocycles. The largest absolute Gasteiger partial charge is 0.326 e. The van der Waals surface area contributed by atoms with E-state index < -0.39 is 10.0 Å². The minimum Gasteiger partial charge on any atom is -0.326 e. The Hall–Kier alpha value is -0.730. The zero-order valence-electron chi connectivity index (χ0n) is 9.79. The molecule has 0 aliphatic heterocycles. The van der Waals surface area contributed by atoms with E-state index in [-0.39, 0.29) is 6.04 Å². The summed E-state index contributed by atoms with van der Waals surface area (Å²) < 4.78 is 27.2. The fraction of sp³-hybridized carbons (Fsp3) is 0.273. The predicted molar refractivity (Wildman–Crippen MR) is 75.3 cm³/mol. The molecule has 2 rings (SSSR count). The normalized spacial score (nSPS) is 13.7. The Balaban J connectivity index is 2.17. The van der Waals surface area contributed by atoms with Crippen LogP contribution in [0.15, 0.2) is 32.5 Å². The fourth-order valence-corrected chi connectivity index (χ4v) is 4.71. The van der Waals surface area contributed by atoms with Gasteiger partial charge < -0.3 is 5.73 Å². The summed E-state index contributed by atoms with van der Waals surface area (Å²) in [5.41, 5.74) is 7.29. The molecular formula is C11H14N2O2S3. The van der Waals surface area contributed by atoms with E-state index in [1.54, 1.807) is 22.8 Å². The van der Waals surface area contributed by atoms with Crippen molar-refractivity contribution in [2.24, 2.45) is 5.73 Å². The Morgan fingerprint density at radius 2 is 2.22 bits per heavy atom. The molecule has 2 aromatic rings. The number of hydrogen-bond acceptors (Lipinski definition) is 5. The van der Waals surface area contributed by atoms with E-state index in [4.69, 9.17) is 5.73 Å². The SMILES string of the molecule is CC(NS(=O)(=O)c1cc(CN)cs1)c1ccsc1. The number of nitrogens with one attached hydrogen (secondary N) is 1. The van der Waals surface area contributed by atoms with Crippen LogP contribution in [0.25, 0.3) is 0 Å². The maximum absolute atomic E-state index is 12.1. The smallest absolute Gasteiger partial charge is 0.250 e. The Morgan fingerprint density at radius 3 is 2.78 bits per heavy atom. The topological polar surface area (TPSA) is 72.2 Å². The van der Waals surface area contributed by atoms with Crippen molar-refractivity contribution in [2.75, 3.05) is 0 Å². The lowest BCUT2D eigenvalue weighted by Gasteiger charge is -2.11. The number of nitrogens with two attached hydrogens (primary N) is 1. The van der Waals surface area contributed by atoms with E-state index in [1.807, 2.05) is 23.8 Å². The van der Waals surface area contributed by atoms with E-state index in [0.717, 1.165) is 11.1 Å². The second-order valence-electron chi connectivity index (χ2n) is 3.88. The fourth-order valence-electron chi connectivity index (χ4n) is 1.48. The highest BCUT2D eigenvalue weighted by molar-refractivity contribution is 7.91. The molecule has 1 unspecified atom stereocenters. The van der Waals surface area contributed by atoms with Crippen LogP contribution in [0.2, 0.25) is 0 Å². The van der Waals surface area contributed by atoms with Gasteiger partial charge in [0.2, 0.25) is 0 Å². The summed E-state index contributed by atoms with van der Waals surface area (Å²) in [5.74, 6) is 0. The maximum Gasteiger partial charge on any atom is 0.250 e. The highest BCUT2D eigenvalue weighted by atomic mass is 32.2. The van der Waals surface area contributed by atoms with E-state index in [0.29, 0.717) is 10.8 Å². The molecule has 0 aromatic carbocycles. The summed E-state index contributed by atoms with van der Waals surface area (Å²) >= 11 is 2.74. The molecule has 1 atom stereocenters. The second-order valence-corrected chi connectivity index (χ2v) is 7.51. The van der Waals surface area contributed by atoms with Crippen LogP contribution in [0.4, 0.5) is 0 Å². The van der Waals surface area contributed by atoms with Gasteiger partial charge in [-0.05, 0) is 46.3 Å². The lowest BCUT2D eigenvalue weighted by molar-refractivity contribution is 0.569. The van der Waals surface area contributed by atoms with Crippen molar-refractivity contribution >= 4 is 32.7 Å². The van der Waals surface area contributed by atoms with Crippen LogP contribution in [-0.4, -0.2) is 8.42 Å². The van der Waals surface area contributed by atoms with Crippen LogP contribution in [-0.2, 0) is 16.6 Å².